The third-order valence-electron chi connectivity index (χ3n) is 1.87. The number of rotatable bonds is 2. The first kappa shape index (κ1) is 12.2. The largest absolute Gasteiger partial charge is 0.282 e. The van der Waals surface area contributed by atoms with Crippen LogP contribution in [0.4, 0.5) is 14.5 Å². The second-order valence-electron chi connectivity index (χ2n) is 2.90. The third-order valence-corrected chi connectivity index (χ3v) is 3.49. The highest BCUT2D eigenvalue weighted by Crippen LogP contribution is 2.33. The summed E-state index contributed by atoms with van der Waals surface area (Å²) in [6.45, 7) is 0. The number of aromatic nitrogens is 2. The van der Waals surface area contributed by atoms with Crippen LogP contribution >= 0.6 is 33.9 Å². The van der Waals surface area contributed by atoms with Crippen molar-refractivity contribution in [2.45, 2.75) is 0 Å². The molecule has 1 aromatic carbocycles. The van der Waals surface area contributed by atoms with Gasteiger partial charge in [-0.15, -0.1) is 10.2 Å². The maximum absolute atomic E-state index is 13.1. The van der Waals surface area contributed by atoms with Crippen LogP contribution in [0.2, 0.25) is 0 Å². The fraction of sp³-hybridized carbons (Fsp3) is 0. The third kappa shape index (κ3) is 2.39. The zero-order valence-corrected chi connectivity index (χ0v) is 10.8. The Bertz CT molecular complexity index is 604. The molecule has 0 aliphatic heterocycles. The summed E-state index contributed by atoms with van der Waals surface area (Å²) in [6, 6.07) is 1.29. The molecule has 0 aliphatic rings. The van der Waals surface area contributed by atoms with E-state index >= 15 is 0 Å². The van der Waals surface area contributed by atoms with Crippen molar-refractivity contribution in [3.8, 4) is 10.6 Å². The van der Waals surface area contributed by atoms with Gasteiger partial charge < -0.3 is 0 Å². The lowest BCUT2D eigenvalue weighted by atomic mass is 10.2. The van der Waals surface area contributed by atoms with Gasteiger partial charge in [-0.3, -0.25) is 10.1 Å². The van der Waals surface area contributed by atoms with Gasteiger partial charge in [-0.2, -0.15) is 0 Å². The van der Waals surface area contributed by atoms with Gasteiger partial charge in [0.25, 0.3) is 5.69 Å². The normalized spacial score (nSPS) is 10.5. The topological polar surface area (TPSA) is 68.9 Å². The molecule has 0 N–H and O–H groups in total. The standard InChI is InChI=1S/C8H2F2IN3O2S/c9-4-1-3(7-12-13-8(11)17-7)6(14(15)16)2-5(4)10/h1-2H. The van der Waals surface area contributed by atoms with Gasteiger partial charge in [0.05, 0.1) is 16.6 Å². The first-order chi connectivity index (χ1) is 7.99. The SMILES string of the molecule is O=[N+]([O-])c1cc(F)c(F)cc1-c1nnc(I)s1. The number of nitrogens with zero attached hydrogens (tertiary/aromatic N) is 3. The lowest BCUT2D eigenvalue weighted by molar-refractivity contribution is -0.384. The van der Waals surface area contributed by atoms with Crippen molar-refractivity contribution >= 4 is 39.6 Å². The number of halogens is 3. The van der Waals surface area contributed by atoms with E-state index in [1.54, 1.807) is 0 Å². The molecule has 0 aliphatic carbocycles. The Hall–Kier alpha value is -1.23. The van der Waals surface area contributed by atoms with Crippen molar-refractivity contribution in [3.05, 3.63) is 36.9 Å². The minimum Gasteiger partial charge on any atom is -0.258 e. The summed E-state index contributed by atoms with van der Waals surface area (Å²) in [6.07, 6.45) is 0. The molecule has 5 nitrogen and oxygen atoms in total. The van der Waals surface area contributed by atoms with Crippen LogP contribution in [0.3, 0.4) is 0 Å². The van der Waals surface area contributed by atoms with E-state index in [1.807, 2.05) is 22.6 Å². The molecule has 0 bridgehead atoms. The van der Waals surface area contributed by atoms with Gasteiger partial charge in [0, 0.05) is 0 Å². The van der Waals surface area contributed by atoms with Gasteiger partial charge >= 0.3 is 0 Å². The maximum Gasteiger partial charge on any atom is 0.282 e. The van der Waals surface area contributed by atoms with E-state index in [0.29, 0.717) is 9.08 Å². The maximum atomic E-state index is 13.1. The Kier molecular flexibility index (Phi) is 3.28. The summed E-state index contributed by atoms with van der Waals surface area (Å²) in [5.74, 6) is -2.42. The molecular weight excluding hydrogens is 367 g/mol. The highest BCUT2D eigenvalue weighted by molar-refractivity contribution is 14.1. The predicted octanol–water partition coefficient (Wildman–Crippen LogP) is 3.00. The molecule has 1 aromatic heterocycles. The molecule has 1 heterocycles. The van der Waals surface area contributed by atoms with Crippen LogP contribution in [0.1, 0.15) is 0 Å². The molecule has 0 spiro atoms. The Morgan fingerprint density at radius 3 is 2.47 bits per heavy atom. The number of nitro benzene ring substituents is 1. The molecule has 0 saturated carbocycles. The summed E-state index contributed by atoms with van der Waals surface area (Å²) < 4.78 is 26.6. The number of benzene rings is 1. The van der Waals surface area contributed by atoms with Crippen LogP contribution in [0.5, 0.6) is 0 Å². The van der Waals surface area contributed by atoms with Crippen molar-refractivity contribution in [1.82, 2.24) is 10.2 Å². The molecule has 2 rings (SSSR count). The van der Waals surface area contributed by atoms with E-state index in [-0.39, 0.29) is 10.6 Å². The van der Waals surface area contributed by atoms with E-state index in [1.165, 1.54) is 0 Å². The molecule has 88 valence electrons. The van der Waals surface area contributed by atoms with Crippen molar-refractivity contribution in [3.63, 3.8) is 0 Å². The summed E-state index contributed by atoms with van der Waals surface area (Å²) in [7, 11) is 0. The van der Waals surface area contributed by atoms with Gasteiger partial charge in [0.1, 0.15) is 0 Å². The van der Waals surface area contributed by atoms with E-state index in [0.717, 1.165) is 17.4 Å². The molecule has 17 heavy (non-hydrogen) atoms. The molecule has 0 unspecified atom stereocenters. The number of nitro groups is 1. The first-order valence-electron chi connectivity index (χ1n) is 4.12. The van der Waals surface area contributed by atoms with Crippen LogP contribution in [-0.4, -0.2) is 15.1 Å². The van der Waals surface area contributed by atoms with Crippen LogP contribution in [-0.2, 0) is 0 Å². The van der Waals surface area contributed by atoms with E-state index in [9.17, 15) is 18.9 Å². The summed E-state index contributed by atoms with van der Waals surface area (Å²) in [5.41, 5.74) is -0.606. The molecule has 0 fully saturated rings. The van der Waals surface area contributed by atoms with Crippen molar-refractivity contribution in [2.75, 3.05) is 0 Å². The molecule has 9 heteroatoms. The van der Waals surface area contributed by atoms with Gasteiger partial charge in [0.2, 0.25) is 0 Å². The average molecular weight is 369 g/mol. The molecule has 0 radical (unpaired) electrons. The number of hydrogen-bond donors (Lipinski definition) is 0. The molecular formula is C8H2F2IN3O2S. The molecule has 2 aromatic rings. The van der Waals surface area contributed by atoms with Gasteiger partial charge in [-0.1, -0.05) is 11.3 Å². The van der Waals surface area contributed by atoms with E-state index in [2.05, 4.69) is 10.2 Å². The van der Waals surface area contributed by atoms with Gasteiger partial charge in [-0.25, -0.2) is 8.78 Å². The monoisotopic (exact) mass is 369 g/mol. The van der Waals surface area contributed by atoms with E-state index < -0.39 is 22.2 Å². The second kappa shape index (κ2) is 4.56. The number of hydrogen-bond acceptors (Lipinski definition) is 5. The highest BCUT2D eigenvalue weighted by atomic mass is 127. The molecule has 0 atom stereocenters. The lowest BCUT2D eigenvalue weighted by Gasteiger charge is -1.99. The lowest BCUT2D eigenvalue weighted by Crippen LogP contribution is -1.95. The summed E-state index contributed by atoms with van der Waals surface area (Å²) in [4.78, 5) is 9.95. The van der Waals surface area contributed by atoms with Crippen LogP contribution in [0.25, 0.3) is 10.6 Å². The molecule has 0 saturated heterocycles. The van der Waals surface area contributed by atoms with Crippen molar-refractivity contribution in [2.24, 2.45) is 0 Å². The smallest absolute Gasteiger partial charge is 0.258 e. The van der Waals surface area contributed by atoms with Crippen molar-refractivity contribution in [1.29, 1.82) is 0 Å². The molecule has 0 amide bonds. The summed E-state index contributed by atoms with van der Waals surface area (Å²) >= 11 is 2.94. The quantitative estimate of drug-likeness (QED) is 0.464. The minimum atomic E-state index is -1.26. The van der Waals surface area contributed by atoms with Crippen LogP contribution in [0, 0.1) is 24.8 Å². The fourth-order valence-electron chi connectivity index (χ4n) is 1.17. The van der Waals surface area contributed by atoms with Crippen LogP contribution in [0.15, 0.2) is 12.1 Å². The fourth-order valence-corrected chi connectivity index (χ4v) is 2.50. The van der Waals surface area contributed by atoms with Gasteiger partial charge in [0.15, 0.2) is 19.7 Å². The Labute approximate surface area is 111 Å². The van der Waals surface area contributed by atoms with Gasteiger partial charge in [-0.05, 0) is 28.7 Å². The van der Waals surface area contributed by atoms with E-state index in [4.69, 9.17) is 0 Å². The summed E-state index contributed by atoms with van der Waals surface area (Å²) in [5, 5.41) is 18.2. The zero-order valence-electron chi connectivity index (χ0n) is 7.85. The Balaban J connectivity index is 2.67. The van der Waals surface area contributed by atoms with Crippen molar-refractivity contribution < 1.29 is 13.7 Å². The minimum absolute atomic E-state index is 0.0747. The Morgan fingerprint density at radius 1 is 1.29 bits per heavy atom. The average Bonchev–Trinajstić information content (AvgIpc) is 2.68. The zero-order chi connectivity index (χ0) is 12.6. The predicted molar refractivity (Wildman–Crippen MR) is 64.6 cm³/mol. The highest BCUT2D eigenvalue weighted by Gasteiger charge is 2.22. The van der Waals surface area contributed by atoms with Crippen LogP contribution < -0.4 is 0 Å². The second-order valence-corrected chi connectivity index (χ2v) is 5.63. The Morgan fingerprint density at radius 2 is 1.94 bits per heavy atom. The first-order valence-corrected chi connectivity index (χ1v) is 6.01.